The molecule has 0 atom stereocenters. The zero-order chi connectivity index (χ0) is 20.8. The van der Waals surface area contributed by atoms with Crippen LogP contribution in [0, 0.1) is 0 Å². The van der Waals surface area contributed by atoms with Crippen LogP contribution in [0.3, 0.4) is 0 Å². The Morgan fingerprint density at radius 1 is 1.17 bits per heavy atom. The van der Waals surface area contributed by atoms with Crippen LogP contribution < -0.4 is 4.90 Å². The zero-order valence-electron chi connectivity index (χ0n) is 16.6. The predicted molar refractivity (Wildman–Crippen MR) is 117 cm³/mol. The molecule has 4 aromatic rings. The number of fused-ring (bicyclic) bond motifs is 5. The second-order valence-corrected chi connectivity index (χ2v) is 9.11. The van der Waals surface area contributed by atoms with Crippen molar-refractivity contribution < 1.29 is 9.28 Å². The van der Waals surface area contributed by atoms with E-state index >= 15 is 4.48 Å². The lowest BCUT2D eigenvalue weighted by molar-refractivity contribution is -0.122. The quantitative estimate of drug-likeness (QED) is 0.401. The highest BCUT2D eigenvalue weighted by Crippen LogP contribution is 2.55. The second-order valence-electron chi connectivity index (χ2n) is 8.36. The molecule has 1 spiro atoms. The summed E-state index contributed by atoms with van der Waals surface area (Å²) in [5.74, 6) is 0.0979. The molecule has 1 amide bonds. The minimum absolute atomic E-state index is 0.0979. The standard InChI is InChI=1S/C22H19BrFN5O/c1-27-15-11-25-20-17(18(15)22(21(27)30)7-3-4-8-22)16(19(23)29(20)24)12-5-6-14-13(9-12)10-26-28(14)2/h5-6,9-11H,3-4,7-8H2,1-2H3. The largest absolute Gasteiger partial charge is 0.313 e. The van der Waals surface area contributed by atoms with E-state index in [1.807, 2.05) is 29.9 Å². The van der Waals surface area contributed by atoms with Crippen LogP contribution in [-0.4, -0.2) is 32.5 Å². The monoisotopic (exact) mass is 467 g/mol. The molecule has 6 rings (SSSR count). The molecule has 0 radical (unpaired) electrons. The van der Waals surface area contributed by atoms with Gasteiger partial charge >= 0.3 is 0 Å². The van der Waals surface area contributed by atoms with Gasteiger partial charge in [-0.3, -0.25) is 9.48 Å². The van der Waals surface area contributed by atoms with E-state index in [4.69, 9.17) is 0 Å². The van der Waals surface area contributed by atoms with E-state index in [1.165, 1.54) is 0 Å². The minimum Gasteiger partial charge on any atom is -0.313 e. The maximum atomic E-state index is 15.3. The van der Waals surface area contributed by atoms with Gasteiger partial charge in [0, 0.05) is 36.0 Å². The van der Waals surface area contributed by atoms with Gasteiger partial charge in [0.2, 0.25) is 5.91 Å². The van der Waals surface area contributed by atoms with Crippen LogP contribution in [0.15, 0.2) is 35.2 Å². The van der Waals surface area contributed by atoms with Gasteiger partial charge in [0.1, 0.15) is 4.60 Å². The Hall–Kier alpha value is -2.74. The number of rotatable bonds is 1. The molecular weight excluding hydrogens is 449 g/mol. The van der Waals surface area contributed by atoms with Crippen LogP contribution in [0.4, 0.5) is 10.2 Å². The Kier molecular flexibility index (Phi) is 3.56. The van der Waals surface area contributed by atoms with Gasteiger partial charge in [0.05, 0.1) is 29.0 Å². The van der Waals surface area contributed by atoms with Crippen molar-refractivity contribution in [1.29, 1.82) is 0 Å². The van der Waals surface area contributed by atoms with Crippen molar-refractivity contribution in [3.8, 4) is 11.1 Å². The Morgan fingerprint density at radius 2 is 1.93 bits per heavy atom. The molecule has 8 heteroatoms. The summed E-state index contributed by atoms with van der Waals surface area (Å²) < 4.78 is 17.4. The number of pyridine rings is 1. The number of halogens is 2. The first-order valence-electron chi connectivity index (χ1n) is 10.0. The van der Waals surface area contributed by atoms with Gasteiger partial charge < -0.3 is 4.90 Å². The molecule has 0 saturated heterocycles. The number of aryl methyl sites for hydroxylation is 1. The van der Waals surface area contributed by atoms with E-state index < -0.39 is 5.41 Å². The number of benzene rings is 1. The number of amides is 1. The van der Waals surface area contributed by atoms with E-state index in [1.54, 1.807) is 24.3 Å². The van der Waals surface area contributed by atoms with E-state index in [0.717, 1.165) is 64.4 Å². The van der Waals surface area contributed by atoms with Gasteiger partial charge in [-0.05, 0) is 46.5 Å². The molecule has 1 aliphatic heterocycles. The first kappa shape index (κ1) is 18.1. The summed E-state index contributed by atoms with van der Waals surface area (Å²) in [6.45, 7) is 0. The molecule has 1 saturated carbocycles. The van der Waals surface area contributed by atoms with Crippen LogP contribution in [0.2, 0.25) is 0 Å². The van der Waals surface area contributed by atoms with Gasteiger partial charge in [-0.15, -0.1) is 0 Å². The summed E-state index contributed by atoms with van der Waals surface area (Å²) in [7, 11) is 3.69. The number of aromatic nitrogens is 4. The number of carbonyl (C=O) groups is 1. The molecule has 0 bridgehead atoms. The molecule has 2 aliphatic rings. The first-order valence-corrected chi connectivity index (χ1v) is 10.8. The number of hydrogen-bond donors (Lipinski definition) is 0. The topological polar surface area (TPSA) is 56.0 Å². The predicted octanol–water partition coefficient (Wildman–Crippen LogP) is 4.87. The van der Waals surface area contributed by atoms with Crippen molar-refractivity contribution >= 4 is 49.5 Å². The highest BCUT2D eigenvalue weighted by Gasteiger charge is 2.53. The van der Waals surface area contributed by atoms with Gasteiger partial charge in [0.15, 0.2) is 5.65 Å². The molecule has 30 heavy (non-hydrogen) atoms. The summed E-state index contributed by atoms with van der Waals surface area (Å²) >= 11 is 3.46. The molecule has 4 heterocycles. The van der Waals surface area contributed by atoms with Gasteiger partial charge in [-0.2, -0.15) is 9.89 Å². The zero-order valence-corrected chi connectivity index (χ0v) is 18.2. The van der Waals surface area contributed by atoms with Gasteiger partial charge in [-0.1, -0.05) is 23.4 Å². The molecule has 0 unspecified atom stereocenters. The fourth-order valence-electron chi connectivity index (χ4n) is 5.47. The Bertz CT molecular complexity index is 1380. The lowest BCUT2D eigenvalue weighted by Gasteiger charge is -2.22. The number of carbonyl (C=O) groups excluding carboxylic acids is 1. The maximum Gasteiger partial charge on any atom is 0.237 e. The Labute approximate surface area is 180 Å². The number of hydrogen-bond acceptors (Lipinski definition) is 3. The average Bonchev–Trinajstić information content (AvgIpc) is 3.48. The van der Waals surface area contributed by atoms with Crippen molar-refractivity contribution in [2.75, 3.05) is 11.9 Å². The minimum atomic E-state index is -0.584. The average molecular weight is 468 g/mol. The molecule has 152 valence electrons. The molecular formula is C22H19BrFN5O. The van der Waals surface area contributed by atoms with Crippen molar-refractivity contribution in [2.45, 2.75) is 31.1 Å². The van der Waals surface area contributed by atoms with Crippen LogP contribution in [0.25, 0.3) is 33.1 Å². The first-order chi connectivity index (χ1) is 14.4. The summed E-state index contributed by atoms with van der Waals surface area (Å²) in [4.78, 5) is 20.0. The van der Waals surface area contributed by atoms with E-state index in [-0.39, 0.29) is 11.6 Å². The van der Waals surface area contributed by atoms with Crippen molar-refractivity contribution in [2.24, 2.45) is 7.05 Å². The third-order valence-electron chi connectivity index (χ3n) is 6.90. The van der Waals surface area contributed by atoms with Crippen molar-refractivity contribution in [3.63, 3.8) is 0 Å². The fraction of sp³-hybridized carbons (Fsp3) is 0.318. The molecule has 1 fully saturated rings. The van der Waals surface area contributed by atoms with E-state index in [2.05, 4.69) is 26.0 Å². The summed E-state index contributed by atoms with van der Waals surface area (Å²) in [6, 6.07) is 5.98. The van der Waals surface area contributed by atoms with Gasteiger partial charge in [-0.25, -0.2) is 4.98 Å². The molecule has 6 nitrogen and oxygen atoms in total. The SMILES string of the molecule is CN1C(=O)C2(CCCC2)c2c1cnc1c2c(-c2ccc3c(cnn3C)c2)c(Br)n1F. The van der Waals surface area contributed by atoms with Gasteiger partial charge in [0.25, 0.3) is 0 Å². The fourth-order valence-corrected chi connectivity index (χ4v) is 6.07. The lowest BCUT2D eigenvalue weighted by Crippen LogP contribution is -2.36. The lowest BCUT2D eigenvalue weighted by atomic mass is 9.78. The summed E-state index contributed by atoms with van der Waals surface area (Å²) in [6.07, 6.45) is 7.02. The Morgan fingerprint density at radius 3 is 2.70 bits per heavy atom. The summed E-state index contributed by atoms with van der Waals surface area (Å²) in [5.41, 5.74) is 3.98. The third-order valence-corrected chi connectivity index (χ3v) is 7.61. The van der Waals surface area contributed by atoms with Crippen LogP contribution in [-0.2, 0) is 17.3 Å². The number of likely N-dealkylation sites (N-methyl/N-ethyl adjacent to an activating group) is 1. The number of anilines is 1. The van der Waals surface area contributed by atoms with Crippen LogP contribution in [0.5, 0.6) is 0 Å². The van der Waals surface area contributed by atoms with Crippen LogP contribution >= 0.6 is 15.9 Å². The smallest absolute Gasteiger partial charge is 0.237 e. The number of nitrogens with zero attached hydrogens (tertiary/aromatic N) is 5. The van der Waals surface area contributed by atoms with E-state index in [0.29, 0.717) is 9.39 Å². The molecule has 0 N–H and O–H groups in total. The molecule has 1 aromatic carbocycles. The van der Waals surface area contributed by atoms with Crippen LogP contribution in [0.1, 0.15) is 31.2 Å². The molecule has 1 aliphatic carbocycles. The third kappa shape index (κ3) is 2.05. The second kappa shape index (κ2) is 5.91. The maximum absolute atomic E-state index is 15.3. The summed E-state index contributed by atoms with van der Waals surface area (Å²) in [5, 5.41) is 6.02. The normalized spacial score (nSPS) is 17.7. The highest BCUT2D eigenvalue weighted by atomic mass is 79.9. The van der Waals surface area contributed by atoms with Crippen molar-refractivity contribution in [3.05, 3.63) is 40.8 Å². The highest BCUT2D eigenvalue weighted by molar-refractivity contribution is 9.10. The van der Waals surface area contributed by atoms with Crippen molar-refractivity contribution in [1.82, 2.24) is 19.6 Å². The Balaban J connectivity index is 1.73. The molecule has 3 aromatic heterocycles. The van der Waals surface area contributed by atoms with E-state index in [9.17, 15) is 4.79 Å².